The van der Waals surface area contributed by atoms with Crippen molar-refractivity contribution >= 4 is 17.2 Å². The molecule has 1 N–H and O–H groups in total. The summed E-state index contributed by atoms with van der Waals surface area (Å²) in [6, 6.07) is 5.62. The van der Waals surface area contributed by atoms with Crippen molar-refractivity contribution in [2.75, 3.05) is 5.32 Å². The molecule has 0 saturated carbocycles. The van der Waals surface area contributed by atoms with Crippen LogP contribution in [0.1, 0.15) is 31.2 Å². The van der Waals surface area contributed by atoms with Crippen molar-refractivity contribution in [3.8, 4) is 0 Å². The second kappa shape index (κ2) is 5.31. The van der Waals surface area contributed by atoms with Crippen molar-refractivity contribution in [2.45, 2.75) is 32.9 Å². The van der Waals surface area contributed by atoms with E-state index in [0.717, 1.165) is 28.5 Å². The Morgan fingerprint density at radius 1 is 1.47 bits per heavy atom. The van der Waals surface area contributed by atoms with Crippen LogP contribution in [0, 0.1) is 5.13 Å². The molecule has 0 fully saturated rings. The van der Waals surface area contributed by atoms with Crippen molar-refractivity contribution in [1.82, 2.24) is 9.78 Å². The van der Waals surface area contributed by atoms with Gasteiger partial charge in [-0.3, -0.25) is 4.68 Å². The molecule has 0 spiro atoms. The molecule has 0 amide bonds. The Morgan fingerprint density at radius 3 is 2.94 bits per heavy atom. The number of hydrogen-bond donors (Lipinski definition) is 1. The van der Waals surface area contributed by atoms with E-state index in [4.69, 9.17) is 0 Å². The highest BCUT2D eigenvalue weighted by atomic mass is 32.1. The Hall–Kier alpha value is -1.36. The average Bonchev–Trinajstić information content (AvgIpc) is 2.94. The summed E-state index contributed by atoms with van der Waals surface area (Å²) in [4.78, 5) is 0.973. The molecule has 0 bridgehead atoms. The maximum atomic E-state index is 12.8. The molecule has 3 nitrogen and oxygen atoms in total. The maximum absolute atomic E-state index is 12.8. The van der Waals surface area contributed by atoms with Crippen LogP contribution in [0.5, 0.6) is 0 Å². The average molecular weight is 253 g/mol. The predicted octanol–water partition coefficient (Wildman–Crippen LogP) is 3.67. The Labute approximate surface area is 104 Å². The first kappa shape index (κ1) is 12.1. The van der Waals surface area contributed by atoms with Gasteiger partial charge in [0.15, 0.2) is 5.13 Å². The highest BCUT2D eigenvalue weighted by molar-refractivity contribution is 7.10. The topological polar surface area (TPSA) is 29.9 Å². The quantitative estimate of drug-likeness (QED) is 0.881. The summed E-state index contributed by atoms with van der Waals surface area (Å²) >= 11 is 1.16. The van der Waals surface area contributed by atoms with Gasteiger partial charge in [-0.1, -0.05) is 6.92 Å². The summed E-state index contributed by atoms with van der Waals surface area (Å²) in [7, 11) is 0. The van der Waals surface area contributed by atoms with Gasteiger partial charge < -0.3 is 5.32 Å². The zero-order valence-corrected chi connectivity index (χ0v) is 10.8. The summed E-state index contributed by atoms with van der Waals surface area (Å²) in [5, 5.41) is 7.46. The van der Waals surface area contributed by atoms with E-state index >= 15 is 0 Å². The maximum Gasteiger partial charge on any atom is 0.176 e. The number of anilines is 1. The normalized spacial score (nSPS) is 12.6. The standard InChI is InChI=1S/C12H16FN3S/c1-3-9(2)16-7-6-12(15-16)14-8-10-4-5-11(13)17-10/h4-7,9H,3,8H2,1-2H3,(H,14,15)/t9-/m1/s1. The number of nitrogens with zero attached hydrogens (tertiary/aromatic N) is 2. The number of thiophene rings is 1. The van der Waals surface area contributed by atoms with Crippen LogP contribution in [0.4, 0.5) is 10.2 Å². The van der Waals surface area contributed by atoms with Crippen LogP contribution < -0.4 is 5.32 Å². The molecule has 5 heteroatoms. The van der Waals surface area contributed by atoms with Gasteiger partial charge in [-0.25, -0.2) is 0 Å². The van der Waals surface area contributed by atoms with Crippen LogP contribution >= 0.6 is 11.3 Å². The first-order valence-corrected chi connectivity index (χ1v) is 6.54. The van der Waals surface area contributed by atoms with Gasteiger partial charge in [0, 0.05) is 23.2 Å². The zero-order valence-electron chi connectivity index (χ0n) is 9.98. The summed E-state index contributed by atoms with van der Waals surface area (Å²) in [5.41, 5.74) is 0. The Kier molecular flexibility index (Phi) is 3.78. The van der Waals surface area contributed by atoms with Gasteiger partial charge in [0.25, 0.3) is 0 Å². The summed E-state index contributed by atoms with van der Waals surface area (Å²) in [6.45, 7) is 4.88. The minimum absolute atomic E-state index is 0.146. The van der Waals surface area contributed by atoms with E-state index < -0.39 is 0 Å². The highest BCUT2D eigenvalue weighted by Gasteiger charge is 2.05. The lowest BCUT2D eigenvalue weighted by molar-refractivity contribution is 0.479. The molecule has 2 heterocycles. The van der Waals surface area contributed by atoms with E-state index in [0.29, 0.717) is 12.6 Å². The van der Waals surface area contributed by atoms with Crippen LogP contribution in [-0.2, 0) is 6.54 Å². The second-order valence-electron chi connectivity index (χ2n) is 4.00. The van der Waals surface area contributed by atoms with Crippen LogP contribution in [-0.4, -0.2) is 9.78 Å². The molecular weight excluding hydrogens is 237 g/mol. The van der Waals surface area contributed by atoms with E-state index in [1.165, 1.54) is 6.07 Å². The lowest BCUT2D eigenvalue weighted by atomic mass is 10.3. The molecule has 2 rings (SSSR count). The third-order valence-electron chi connectivity index (χ3n) is 2.72. The number of halogens is 1. The Morgan fingerprint density at radius 2 is 2.29 bits per heavy atom. The largest absolute Gasteiger partial charge is 0.364 e. The minimum atomic E-state index is -0.146. The van der Waals surface area contributed by atoms with E-state index in [1.54, 1.807) is 6.07 Å². The smallest absolute Gasteiger partial charge is 0.176 e. The van der Waals surface area contributed by atoms with Gasteiger partial charge in [0.2, 0.25) is 0 Å². The van der Waals surface area contributed by atoms with Crippen molar-refractivity contribution < 1.29 is 4.39 Å². The molecule has 0 aliphatic rings. The molecule has 0 saturated heterocycles. The highest BCUT2D eigenvalue weighted by Crippen LogP contribution is 2.16. The number of rotatable bonds is 5. The minimum Gasteiger partial charge on any atom is -0.364 e. The van der Waals surface area contributed by atoms with Crippen LogP contribution in [0.3, 0.4) is 0 Å². The number of aromatic nitrogens is 2. The van der Waals surface area contributed by atoms with Crippen molar-refractivity contribution in [1.29, 1.82) is 0 Å². The van der Waals surface area contributed by atoms with Crippen LogP contribution in [0.15, 0.2) is 24.4 Å². The zero-order chi connectivity index (χ0) is 12.3. The lowest BCUT2D eigenvalue weighted by Gasteiger charge is -2.08. The Balaban J connectivity index is 1.93. The van der Waals surface area contributed by atoms with Crippen molar-refractivity contribution in [3.63, 3.8) is 0 Å². The third-order valence-corrected chi connectivity index (χ3v) is 3.60. The van der Waals surface area contributed by atoms with Gasteiger partial charge in [0.05, 0.1) is 6.54 Å². The molecule has 17 heavy (non-hydrogen) atoms. The van der Waals surface area contributed by atoms with Gasteiger partial charge in [-0.05, 0) is 25.5 Å². The van der Waals surface area contributed by atoms with Crippen LogP contribution in [0.25, 0.3) is 0 Å². The fraction of sp³-hybridized carbons (Fsp3) is 0.417. The summed E-state index contributed by atoms with van der Waals surface area (Å²) in [5.74, 6) is 0.833. The monoisotopic (exact) mass is 253 g/mol. The fourth-order valence-electron chi connectivity index (χ4n) is 1.49. The third kappa shape index (κ3) is 3.06. The van der Waals surface area contributed by atoms with Crippen molar-refractivity contribution in [3.05, 3.63) is 34.4 Å². The molecule has 0 radical (unpaired) electrons. The van der Waals surface area contributed by atoms with Crippen molar-refractivity contribution in [2.24, 2.45) is 0 Å². The van der Waals surface area contributed by atoms with Gasteiger partial charge in [-0.2, -0.15) is 9.49 Å². The molecule has 1 atom stereocenters. The first-order valence-electron chi connectivity index (χ1n) is 5.72. The molecule has 92 valence electrons. The van der Waals surface area contributed by atoms with E-state index in [-0.39, 0.29) is 5.13 Å². The van der Waals surface area contributed by atoms with E-state index in [2.05, 4.69) is 24.3 Å². The first-order chi connectivity index (χ1) is 8.19. The van der Waals surface area contributed by atoms with E-state index in [1.807, 2.05) is 16.9 Å². The number of hydrogen-bond acceptors (Lipinski definition) is 3. The summed E-state index contributed by atoms with van der Waals surface area (Å²) < 4.78 is 14.7. The number of nitrogens with one attached hydrogen (secondary N) is 1. The molecule has 2 aromatic heterocycles. The molecule has 2 aromatic rings. The molecule has 0 unspecified atom stereocenters. The van der Waals surface area contributed by atoms with Gasteiger partial charge in [0.1, 0.15) is 5.82 Å². The fourth-order valence-corrected chi connectivity index (χ4v) is 2.16. The molecular formula is C12H16FN3S. The molecule has 0 aliphatic carbocycles. The summed E-state index contributed by atoms with van der Waals surface area (Å²) in [6.07, 6.45) is 3.02. The second-order valence-corrected chi connectivity index (χ2v) is 5.12. The van der Waals surface area contributed by atoms with Crippen LogP contribution in [0.2, 0.25) is 0 Å². The molecule has 0 aliphatic heterocycles. The lowest BCUT2D eigenvalue weighted by Crippen LogP contribution is -2.05. The Bertz CT molecular complexity index is 478. The van der Waals surface area contributed by atoms with Gasteiger partial charge >= 0.3 is 0 Å². The van der Waals surface area contributed by atoms with Gasteiger partial charge in [-0.15, -0.1) is 11.3 Å². The van der Waals surface area contributed by atoms with E-state index in [9.17, 15) is 4.39 Å². The predicted molar refractivity (Wildman–Crippen MR) is 68.8 cm³/mol. The SMILES string of the molecule is CC[C@@H](C)n1ccc(NCc2ccc(F)s2)n1. The molecule has 0 aromatic carbocycles.